The molecule has 2 nitrogen and oxygen atoms in total. The normalized spacial score (nSPS) is 14.4. The molecule has 0 aromatic heterocycles. The van der Waals surface area contributed by atoms with Crippen molar-refractivity contribution in [3.63, 3.8) is 0 Å². The molecule has 0 spiro atoms. The summed E-state index contributed by atoms with van der Waals surface area (Å²) in [6, 6.07) is 0. The van der Waals surface area contributed by atoms with Crippen molar-refractivity contribution in [1.82, 2.24) is 0 Å². The van der Waals surface area contributed by atoms with Gasteiger partial charge < -0.3 is 11.5 Å². The van der Waals surface area contributed by atoms with Gasteiger partial charge in [-0.15, -0.1) is 0 Å². The summed E-state index contributed by atoms with van der Waals surface area (Å²) in [7, 11) is 0. The molecule has 0 saturated carbocycles. The third-order valence-electron chi connectivity index (χ3n) is 2.32. The molecule has 4 N–H and O–H groups in total. The van der Waals surface area contributed by atoms with Crippen LogP contribution < -0.4 is 11.5 Å². The summed E-state index contributed by atoms with van der Waals surface area (Å²) in [5, 5.41) is 0. The van der Waals surface area contributed by atoms with Crippen molar-refractivity contribution in [3.8, 4) is 0 Å². The Kier molecular flexibility index (Phi) is 6.55. The number of allylic oxidation sites excluding steroid dienone is 2. The van der Waals surface area contributed by atoms with Gasteiger partial charge in [0.25, 0.3) is 0 Å². The molecule has 0 unspecified atom stereocenters. The van der Waals surface area contributed by atoms with E-state index in [2.05, 4.69) is 26.8 Å². The fourth-order valence-corrected chi connectivity index (χ4v) is 1.13. The van der Waals surface area contributed by atoms with Crippen LogP contribution in [0.3, 0.4) is 0 Å². The van der Waals surface area contributed by atoms with Crippen LogP contribution >= 0.6 is 0 Å². The van der Waals surface area contributed by atoms with E-state index in [1.165, 1.54) is 16.7 Å². The lowest BCUT2D eigenvalue weighted by Gasteiger charge is -2.05. The van der Waals surface area contributed by atoms with Gasteiger partial charge >= 0.3 is 0 Å². The maximum Gasteiger partial charge on any atom is 0.0139 e. The molecule has 0 atom stereocenters. The van der Waals surface area contributed by atoms with Crippen LogP contribution in [0.15, 0.2) is 22.8 Å². The first kappa shape index (κ1) is 12.4. The molecule has 0 radical (unpaired) electrons. The second kappa shape index (κ2) is 6.87. The highest BCUT2D eigenvalue weighted by Crippen LogP contribution is 2.12. The molecule has 0 aliphatic heterocycles. The Morgan fingerprint density at radius 3 is 2.23 bits per heavy atom. The number of hydrogen-bond donors (Lipinski definition) is 2. The molecule has 13 heavy (non-hydrogen) atoms. The summed E-state index contributed by atoms with van der Waals surface area (Å²) in [5.41, 5.74) is 15.0. The van der Waals surface area contributed by atoms with E-state index in [0.717, 1.165) is 19.4 Å². The molecule has 76 valence electrons. The van der Waals surface area contributed by atoms with E-state index in [9.17, 15) is 0 Å². The molecular formula is C11H22N2. The summed E-state index contributed by atoms with van der Waals surface area (Å²) in [4.78, 5) is 0. The Morgan fingerprint density at radius 2 is 1.85 bits per heavy atom. The molecule has 0 rings (SSSR count). The van der Waals surface area contributed by atoms with Crippen LogP contribution in [0.5, 0.6) is 0 Å². The number of hydrogen-bond acceptors (Lipinski definition) is 2. The van der Waals surface area contributed by atoms with E-state index in [1.54, 1.807) is 0 Å². The van der Waals surface area contributed by atoms with Crippen LogP contribution in [-0.2, 0) is 0 Å². The molecule has 0 amide bonds. The Bertz CT molecular complexity index is 202. The topological polar surface area (TPSA) is 52.0 Å². The molecule has 0 aromatic carbocycles. The number of nitrogens with two attached hydrogens (primary N) is 2. The van der Waals surface area contributed by atoms with Crippen molar-refractivity contribution in [2.24, 2.45) is 11.5 Å². The van der Waals surface area contributed by atoms with Gasteiger partial charge in [-0.25, -0.2) is 0 Å². The minimum Gasteiger partial charge on any atom is -0.330 e. The fourth-order valence-electron chi connectivity index (χ4n) is 1.13. The van der Waals surface area contributed by atoms with E-state index < -0.39 is 0 Å². The van der Waals surface area contributed by atoms with E-state index in [-0.39, 0.29) is 0 Å². The first-order valence-electron chi connectivity index (χ1n) is 4.91. The predicted molar refractivity (Wildman–Crippen MR) is 59.5 cm³/mol. The van der Waals surface area contributed by atoms with Crippen LogP contribution in [0.25, 0.3) is 0 Å². The van der Waals surface area contributed by atoms with Crippen LogP contribution in [0.4, 0.5) is 0 Å². The SMILES string of the molecule is CC/C(=C\C(C)=C(/C)CN)CCN. The summed E-state index contributed by atoms with van der Waals surface area (Å²) in [6.45, 7) is 7.71. The van der Waals surface area contributed by atoms with Gasteiger partial charge in [-0.1, -0.05) is 29.7 Å². The first-order chi connectivity index (χ1) is 6.15. The third kappa shape index (κ3) is 4.86. The quantitative estimate of drug-likeness (QED) is 0.639. The average molecular weight is 182 g/mol. The first-order valence-corrected chi connectivity index (χ1v) is 4.91. The van der Waals surface area contributed by atoms with Crippen molar-refractivity contribution < 1.29 is 0 Å². The Hall–Kier alpha value is -0.600. The summed E-state index contributed by atoms with van der Waals surface area (Å²) in [6.07, 6.45) is 4.28. The highest BCUT2D eigenvalue weighted by atomic mass is 14.5. The van der Waals surface area contributed by atoms with Crippen molar-refractivity contribution in [2.75, 3.05) is 13.1 Å². The summed E-state index contributed by atoms with van der Waals surface area (Å²) >= 11 is 0. The van der Waals surface area contributed by atoms with Gasteiger partial charge in [-0.3, -0.25) is 0 Å². The van der Waals surface area contributed by atoms with Crippen molar-refractivity contribution >= 4 is 0 Å². The van der Waals surface area contributed by atoms with Gasteiger partial charge in [0.1, 0.15) is 0 Å². The zero-order valence-corrected chi connectivity index (χ0v) is 9.06. The second-order valence-electron chi connectivity index (χ2n) is 3.36. The van der Waals surface area contributed by atoms with Crippen molar-refractivity contribution in [2.45, 2.75) is 33.6 Å². The Morgan fingerprint density at radius 1 is 1.23 bits per heavy atom. The molecular weight excluding hydrogens is 160 g/mol. The van der Waals surface area contributed by atoms with E-state index in [1.807, 2.05) is 0 Å². The lowest BCUT2D eigenvalue weighted by molar-refractivity contribution is 0.890. The monoisotopic (exact) mass is 182 g/mol. The van der Waals surface area contributed by atoms with Gasteiger partial charge in [-0.2, -0.15) is 0 Å². The van der Waals surface area contributed by atoms with Crippen molar-refractivity contribution in [1.29, 1.82) is 0 Å². The van der Waals surface area contributed by atoms with Crippen LogP contribution in [0.2, 0.25) is 0 Å². The van der Waals surface area contributed by atoms with Gasteiger partial charge in [-0.05, 0) is 33.2 Å². The van der Waals surface area contributed by atoms with Gasteiger partial charge in [0.15, 0.2) is 0 Å². The van der Waals surface area contributed by atoms with Crippen LogP contribution in [0.1, 0.15) is 33.6 Å². The van der Waals surface area contributed by atoms with E-state index in [4.69, 9.17) is 11.5 Å². The lowest BCUT2D eigenvalue weighted by Crippen LogP contribution is -2.03. The van der Waals surface area contributed by atoms with Gasteiger partial charge in [0.05, 0.1) is 0 Å². The van der Waals surface area contributed by atoms with Crippen LogP contribution in [-0.4, -0.2) is 13.1 Å². The van der Waals surface area contributed by atoms with Crippen LogP contribution in [0, 0.1) is 0 Å². The largest absolute Gasteiger partial charge is 0.330 e. The van der Waals surface area contributed by atoms with E-state index >= 15 is 0 Å². The van der Waals surface area contributed by atoms with Gasteiger partial charge in [0.2, 0.25) is 0 Å². The fraction of sp³-hybridized carbons (Fsp3) is 0.636. The Balaban J connectivity index is 4.49. The summed E-state index contributed by atoms with van der Waals surface area (Å²) in [5.74, 6) is 0. The average Bonchev–Trinajstić information content (AvgIpc) is 2.15. The smallest absolute Gasteiger partial charge is 0.0139 e. The molecule has 0 bridgehead atoms. The molecule has 2 heteroatoms. The third-order valence-corrected chi connectivity index (χ3v) is 2.32. The molecule has 0 aliphatic carbocycles. The minimum absolute atomic E-state index is 0.641. The van der Waals surface area contributed by atoms with E-state index in [0.29, 0.717) is 6.54 Å². The second-order valence-corrected chi connectivity index (χ2v) is 3.36. The molecule has 0 heterocycles. The van der Waals surface area contributed by atoms with Crippen molar-refractivity contribution in [3.05, 3.63) is 22.8 Å². The summed E-state index contributed by atoms with van der Waals surface area (Å²) < 4.78 is 0. The zero-order valence-electron chi connectivity index (χ0n) is 9.06. The predicted octanol–water partition coefficient (Wildman–Crippen LogP) is 1.97. The standard InChI is InChI=1S/C11H22N2/c1-4-11(5-6-12)7-9(2)10(3)8-13/h7H,4-6,8,12-13H2,1-3H3/b10-9+,11-7+. The van der Waals surface area contributed by atoms with Gasteiger partial charge in [0, 0.05) is 6.54 Å². The zero-order chi connectivity index (χ0) is 10.3. The maximum atomic E-state index is 5.55. The molecule has 0 aromatic rings. The molecule has 0 saturated heterocycles. The molecule has 0 fully saturated rings. The highest BCUT2D eigenvalue weighted by Gasteiger charge is 1.95. The minimum atomic E-state index is 0.641. The molecule has 0 aliphatic rings. The highest BCUT2D eigenvalue weighted by molar-refractivity contribution is 5.26. The Labute approximate surface area is 81.7 Å². The lowest BCUT2D eigenvalue weighted by atomic mass is 10.0. The maximum absolute atomic E-state index is 5.55. The number of rotatable bonds is 5.